The molecule has 1 aliphatic heterocycles. The van der Waals surface area contributed by atoms with Gasteiger partial charge in [0.2, 0.25) is 11.8 Å². The van der Waals surface area contributed by atoms with E-state index in [0.717, 1.165) is 0 Å². The van der Waals surface area contributed by atoms with E-state index < -0.39 is 10.7 Å². The molecule has 9 nitrogen and oxygen atoms in total. The van der Waals surface area contributed by atoms with E-state index in [4.69, 9.17) is 0 Å². The van der Waals surface area contributed by atoms with E-state index in [1.807, 2.05) is 11.8 Å². The maximum atomic E-state index is 13.3. The minimum atomic E-state index is -0.527. The second-order valence-electron chi connectivity index (χ2n) is 7.63. The molecule has 170 valence electrons. The van der Waals surface area contributed by atoms with Gasteiger partial charge in [-0.1, -0.05) is 18.2 Å². The van der Waals surface area contributed by atoms with Crippen molar-refractivity contribution in [3.05, 3.63) is 64.5 Å². The summed E-state index contributed by atoms with van der Waals surface area (Å²) in [6, 6.07) is 11.4. The Balaban J connectivity index is 1.42. The normalized spacial score (nSPS) is 15.7. The number of amides is 2. The summed E-state index contributed by atoms with van der Waals surface area (Å²) in [5, 5.41) is 16.4. The van der Waals surface area contributed by atoms with Gasteiger partial charge in [0.25, 0.3) is 5.69 Å². The summed E-state index contributed by atoms with van der Waals surface area (Å²) in [6.07, 6.45) is 0.210. The third-order valence-corrected chi connectivity index (χ3v) is 5.46. The second-order valence-corrected chi connectivity index (χ2v) is 7.63. The van der Waals surface area contributed by atoms with Gasteiger partial charge < -0.3 is 15.5 Å². The first-order valence-corrected chi connectivity index (χ1v) is 10.4. The van der Waals surface area contributed by atoms with Crippen molar-refractivity contribution in [2.45, 2.75) is 19.4 Å². The topological polar surface area (TPSA) is 108 Å². The molecular weight excluding hydrogens is 417 g/mol. The van der Waals surface area contributed by atoms with E-state index in [-0.39, 0.29) is 35.7 Å². The zero-order valence-corrected chi connectivity index (χ0v) is 17.8. The van der Waals surface area contributed by atoms with Crippen LogP contribution in [0.4, 0.5) is 21.5 Å². The number of rotatable bonds is 8. The van der Waals surface area contributed by atoms with Gasteiger partial charge in [-0.3, -0.25) is 24.6 Å². The zero-order valence-electron chi connectivity index (χ0n) is 17.8. The molecule has 0 aromatic heterocycles. The molecule has 2 amide bonds. The van der Waals surface area contributed by atoms with Gasteiger partial charge in [-0.25, -0.2) is 4.39 Å². The van der Waals surface area contributed by atoms with Crippen molar-refractivity contribution in [2.75, 3.05) is 43.4 Å². The van der Waals surface area contributed by atoms with E-state index in [9.17, 15) is 24.1 Å². The summed E-state index contributed by atoms with van der Waals surface area (Å²) in [7, 11) is 0. The molecule has 10 heteroatoms. The van der Waals surface area contributed by atoms with Crippen LogP contribution >= 0.6 is 0 Å². The average molecular weight is 443 g/mol. The summed E-state index contributed by atoms with van der Waals surface area (Å²) in [5.74, 6) is -0.896. The van der Waals surface area contributed by atoms with Gasteiger partial charge in [0.1, 0.15) is 11.5 Å². The number of hydrogen-bond donors (Lipinski definition) is 2. The first kappa shape index (κ1) is 23.3. The first-order valence-electron chi connectivity index (χ1n) is 10.4. The Hall–Kier alpha value is -3.37. The smallest absolute Gasteiger partial charge is 0.292 e. The van der Waals surface area contributed by atoms with E-state index in [1.54, 1.807) is 24.3 Å². The van der Waals surface area contributed by atoms with Gasteiger partial charge in [-0.15, -0.1) is 0 Å². The zero-order chi connectivity index (χ0) is 23.1. The van der Waals surface area contributed by atoms with Crippen molar-refractivity contribution in [1.29, 1.82) is 0 Å². The highest BCUT2D eigenvalue weighted by Crippen LogP contribution is 2.23. The molecule has 1 unspecified atom stereocenters. The van der Waals surface area contributed by atoms with Gasteiger partial charge in [-0.2, -0.15) is 0 Å². The summed E-state index contributed by atoms with van der Waals surface area (Å²) in [4.78, 5) is 39.4. The number of nitro benzene ring substituents is 1. The molecule has 1 heterocycles. The van der Waals surface area contributed by atoms with E-state index in [0.29, 0.717) is 38.4 Å². The molecule has 0 bridgehead atoms. The molecule has 0 saturated carbocycles. The van der Waals surface area contributed by atoms with Crippen LogP contribution in [0, 0.1) is 15.9 Å². The number of para-hydroxylation sites is 2. The number of carbonyl (C=O) groups is 2. The molecule has 32 heavy (non-hydrogen) atoms. The third kappa shape index (κ3) is 6.32. The van der Waals surface area contributed by atoms with Gasteiger partial charge >= 0.3 is 0 Å². The van der Waals surface area contributed by atoms with Crippen molar-refractivity contribution < 1.29 is 18.9 Å². The first-order chi connectivity index (χ1) is 15.3. The lowest BCUT2D eigenvalue weighted by atomic mass is 10.2. The monoisotopic (exact) mass is 443 g/mol. The highest BCUT2D eigenvalue weighted by atomic mass is 19.1. The van der Waals surface area contributed by atoms with Gasteiger partial charge in [-0.05, 0) is 31.2 Å². The van der Waals surface area contributed by atoms with Crippen molar-refractivity contribution in [3.63, 3.8) is 0 Å². The number of nitro groups is 1. The summed E-state index contributed by atoms with van der Waals surface area (Å²) in [5.41, 5.74) is 0.468. The van der Waals surface area contributed by atoms with Crippen LogP contribution in [0.25, 0.3) is 0 Å². The molecule has 1 aliphatic rings. The third-order valence-electron chi connectivity index (χ3n) is 5.46. The standard InChI is InChI=1S/C22H26FN5O4/c1-16(22(30)24-18-6-4-5-17(23)15-18)27-13-11-26(12-14-27)10-9-21(29)25-19-7-2-3-8-20(19)28(31)32/h2-8,15-16H,9-14H2,1H3,(H,24,30)(H,25,29). The molecule has 1 atom stereocenters. The largest absolute Gasteiger partial charge is 0.325 e. The Morgan fingerprint density at radius 3 is 2.50 bits per heavy atom. The minimum Gasteiger partial charge on any atom is -0.325 e. The molecule has 0 radical (unpaired) electrons. The van der Waals surface area contributed by atoms with E-state index >= 15 is 0 Å². The van der Waals surface area contributed by atoms with Crippen LogP contribution in [-0.4, -0.2) is 65.3 Å². The lowest BCUT2D eigenvalue weighted by Crippen LogP contribution is -2.53. The molecule has 2 aromatic rings. The van der Waals surface area contributed by atoms with Crippen LogP contribution in [0.2, 0.25) is 0 Å². The average Bonchev–Trinajstić information content (AvgIpc) is 2.78. The van der Waals surface area contributed by atoms with Crippen molar-refractivity contribution in [2.24, 2.45) is 0 Å². The van der Waals surface area contributed by atoms with E-state index in [2.05, 4.69) is 15.5 Å². The van der Waals surface area contributed by atoms with Crippen molar-refractivity contribution >= 4 is 28.9 Å². The fraction of sp³-hybridized carbons (Fsp3) is 0.364. The molecule has 2 aromatic carbocycles. The van der Waals surface area contributed by atoms with Crippen LogP contribution in [0.15, 0.2) is 48.5 Å². The predicted molar refractivity (Wildman–Crippen MR) is 119 cm³/mol. The SMILES string of the molecule is CC(C(=O)Nc1cccc(F)c1)N1CCN(CCC(=O)Nc2ccccc2[N+](=O)[O-])CC1. The molecule has 1 saturated heterocycles. The van der Waals surface area contributed by atoms with Crippen molar-refractivity contribution in [1.82, 2.24) is 9.80 Å². The summed E-state index contributed by atoms with van der Waals surface area (Å²) >= 11 is 0. The lowest BCUT2D eigenvalue weighted by molar-refractivity contribution is -0.383. The number of halogens is 1. The molecule has 2 N–H and O–H groups in total. The number of hydrogen-bond acceptors (Lipinski definition) is 6. The molecule has 0 aliphatic carbocycles. The van der Waals surface area contributed by atoms with Gasteiger partial charge in [0, 0.05) is 50.9 Å². The molecule has 1 fully saturated rings. The minimum absolute atomic E-state index is 0.139. The van der Waals surface area contributed by atoms with E-state index in [1.165, 1.54) is 24.3 Å². The van der Waals surface area contributed by atoms with Crippen LogP contribution in [-0.2, 0) is 9.59 Å². The number of piperazine rings is 1. The number of carbonyl (C=O) groups excluding carboxylic acids is 2. The predicted octanol–water partition coefficient (Wildman–Crippen LogP) is 2.71. The molecule has 0 spiro atoms. The Morgan fingerprint density at radius 2 is 1.81 bits per heavy atom. The van der Waals surface area contributed by atoms with Crippen LogP contribution in [0.1, 0.15) is 13.3 Å². The lowest BCUT2D eigenvalue weighted by Gasteiger charge is -2.37. The van der Waals surface area contributed by atoms with Crippen molar-refractivity contribution in [3.8, 4) is 0 Å². The highest BCUT2D eigenvalue weighted by Gasteiger charge is 2.26. The number of nitrogens with one attached hydrogen (secondary N) is 2. The van der Waals surface area contributed by atoms with Crippen LogP contribution in [0.5, 0.6) is 0 Å². The maximum absolute atomic E-state index is 13.3. The quantitative estimate of drug-likeness (QED) is 0.480. The summed E-state index contributed by atoms with van der Waals surface area (Å²) < 4.78 is 13.3. The maximum Gasteiger partial charge on any atom is 0.292 e. The molecular formula is C22H26FN5O4. The molecule has 3 rings (SSSR count). The van der Waals surface area contributed by atoms with Crippen LogP contribution in [0.3, 0.4) is 0 Å². The number of anilines is 2. The Bertz CT molecular complexity index is 978. The number of nitrogens with zero attached hydrogens (tertiary/aromatic N) is 3. The fourth-order valence-corrected chi connectivity index (χ4v) is 3.56. The Kier molecular flexibility index (Phi) is 7.85. The second kappa shape index (κ2) is 10.8. The van der Waals surface area contributed by atoms with Gasteiger partial charge in [0.05, 0.1) is 11.0 Å². The Morgan fingerprint density at radius 1 is 1.09 bits per heavy atom. The fourth-order valence-electron chi connectivity index (χ4n) is 3.56. The Labute approximate surface area is 185 Å². The highest BCUT2D eigenvalue weighted by molar-refractivity contribution is 5.94. The van der Waals surface area contributed by atoms with Gasteiger partial charge in [0.15, 0.2) is 0 Å². The number of benzene rings is 2. The summed E-state index contributed by atoms with van der Waals surface area (Å²) in [6.45, 7) is 5.02. The van der Waals surface area contributed by atoms with Crippen LogP contribution < -0.4 is 10.6 Å².